The molecule has 1 N–H and O–H groups in total. The highest BCUT2D eigenvalue weighted by Gasteiger charge is 2.05. The molecule has 130 valence electrons. The summed E-state index contributed by atoms with van der Waals surface area (Å²) in [7, 11) is 1.55. The van der Waals surface area contributed by atoms with Crippen LogP contribution in [0, 0.1) is 0 Å². The minimum Gasteiger partial charge on any atom is -0.507 e. The number of hydrogen-bond donors (Lipinski definition) is 1. The zero-order chi connectivity index (χ0) is 18.2. The van der Waals surface area contributed by atoms with Gasteiger partial charge in [-0.1, -0.05) is 17.7 Å². The summed E-state index contributed by atoms with van der Waals surface area (Å²) < 4.78 is 10.7. The van der Waals surface area contributed by atoms with E-state index in [0.717, 1.165) is 12.0 Å². The standard InChI is InChI=1S/C21H22O4/c1-15(2)11-12-25-19-9-7-16(21(23)14-19)8-10-20(22)17-5-4-6-18(13-17)24-3/h4-10,13-14,23H,1,11-12H2,2-3H3. The molecule has 0 atom stereocenters. The van der Waals surface area contributed by atoms with Crippen LogP contribution in [-0.4, -0.2) is 24.6 Å². The third kappa shape index (κ3) is 5.53. The molecule has 2 aromatic carbocycles. The van der Waals surface area contributed by atoms with E-state index in [2.05, 4.69) is 6.58 Å². The molecule has 0 aromatic heterocycles. The zero-order valence-electron chi connectivity index (χ0n) is 14.5. The number of allylic oxidation sites excluding steroid dienone is 1. The average Bonchev–Trinajstić information content (AvgIpc) is 2.60. The topological polar surface area (TPSA) is 55.8 Å². The second kappa shape index (κ2) is 8.73. The maximum absolute atomic E-state index is 12.2. The van der Waals surface area contributed by atoms with Gasteiger partial charge >= 0.3 is 0 Å². The first-order chi connectivity index (χ1) is 12.0. The SMILES string of the molecule is C=C(C)CCOc1ccc(C=CC(=O)c2cccc(OC)c2)c(O)c1. The number of phenolic OH excluding ortho intramolecular Hbond substituents is 1. The van der Waals surface area contributed by atoms with Gasteiger partial charge in [-0.3, -0.25) is 4.79 Å². The highest BCUT2D eigenvalue weighted by Crippen LogP contribution is 2.25. The van der Waals surface area contributed by atoms with Gasteiger partial charge in [-0.15, -0.1) is 6.58 Å². The summed E-state index contributed by atoms with van der Waals surface area (Å²) in [5, 5.41) is 10.1. The van der Waals surface area contributed by atoms with Crippen LogP contribution in [0.3, 0.4) is 0 Å². The number of phenols is 1. The van der Waals surface area contributed by atoms with Gasteiger partial charge in [-0.25, -0.2) is 0 Å². The molecule has 0 bridgehead atoms. The first-order valence-corrected chi connectivity index (χ1v) is 7.96. The van der Waals surface area contributed by atoms with Gasteiger partial charge in [-0.2, -0.15) is 0 Å². The Hall–Kier alpha value is -3.01. The Morgan fingerprint density at radius 1 is 1.20 bits per heavy atom. The summed E-state index contributed by atoms with van der Waals surface area (Å²) in [4.78, 5) is 12.2. The first kappa shape index (κ1) is 18.3. The Morgan fingerprint density at radius 2 is 2.00 bits per heavy atom. The molecule has 0 radical (unpaired) electrons. The van der Waals surface area contributed by atoms with Crippen molar-refractivity contribution in [3.8, 4) is 17.2 Å². The molecule has 25 heavy (non-hydrogen) atoms. The fraction of sp³-hybridized carbons (Fsp3) is 0.190. The second-order valence-electron chi connectivity index (χ2n) is 5.71. The zero-order valence-corrected chi connectivity index (χ0v) is 14.5. The van der Waals surface area contributed by atoms with Gasteiger partial charge in [0.1, 0.15) is 17.2 Å². The van der Waals surface area contributed by atoms with Crippen LogP contribution < -0.4 is 9.47 Å². The molecule has 0 fully saturated rings. The van der Waals surface area contributed by atoms with Crippen molar-refractivity contribution in [1.29, 1.82) is 0 Å². The molecular weight excluding hydrogens is 316 g/mol. The first-order valence-electron chi connectivity index (χ1n) is 7.96. The second-order valence-corrected chi connectivity index (χ2v) is 5.71. The number of benzene rings is 2. The number of aromatic hydroxyl groups is 1. The molecule has 0 spiro atoms. The van der Waals surface area contributed by atoms with E-state index in [9.17, 15) is 9.90 Å². The van der Waals surface area contributed by atoms with E-state index in [4.69, 9.17) is 9.47 Å². The van der Waals surface area contributed by atoms with Crippen molar-refractivity contribution in [1.82, 2.24) is 0 Å². The molecule has 0 saturated heterocycles. The van der Waals surface area contributed by atoms with Crippen molar-refractivity contribution < 1.29 is 19.4 Å². The lowest BCUT2D eigenvalue weighted by atomic mass is 10.1. The van der Waals surface area contributed by atoms with Crippen LogP contribution in [-0.2, 0) is 0 Å². The van der Waals surface area contributed by atoms with Crippen LogP contribution >= 0.6 is 0 Å². The lowest BCUT2D eigenvalue weighted by Gasteiger charge is -2.07. The van der Waals surface area contributed by atoms with Crippen molar-refractivity contribution in [3.63, 3.8) is 0 Å². The van der Waals surface area contributed by atoms with Crippen molar-refractivity contribution in [2.45, 2.75) is 13.3 Å². The summed E-state index contributed by atoms with van der Waals surface area (Å²) >= 11 is 0. The summed E-state index contributed by atoms with van der Waals surface area (Å²) in [6, 6.07) is 11.9. The summed E-state index contributed by atoms with van der Waals surface area (Å²) in [6.07, 6.45) is 3.76. The largest absolute Gasteiger partial charge is 0.507 e. The minimum absolute atomic E-state index is 0.0579. The van der Waals surface area contributed by atoms with Crippen LogP contribution in [0.25, 0.3) is 6.08 Å². The van der Waals surface area contributed by atoms with Crippen LogP contribution in [0.4, 0.5) is 0 Å². The third-order valence-corrected chi connectivity index (χ3v) is 3.57. The van der Waals surface area contributed by atoms with Gasteiger partial charge in [0.2, 0.25) is 0 Å². The third-order valence-electron chi connectivity index (χ3n) is 3.57. The Kier molecular flexibility index (Phi) is 6.40. The molecule has 4 heteroatoms. The normalized spacial score (nSPS) is 10.6. The lowest BCUT2D eigenvalue weighted by Crippen LogP contribution is -1.97. The van der Waals surface area contributed by atoms with Gasteiger partial charge in [0.15, 0.2) is 5.78 Å². The van der Waals surface area contributed by atoms with E-state index in [-0.39, 0.29) is 11.5 Å². The smallest absolute Gasteiger partial charge is 0.185 e. The van der Waals surface area contributed by atoms with E-state index in [1.165, 1.54) is 12.1 Å². The van der Waals surface area contributed by atoms with Crippen LogP contribution in [0.15, 0.2) is 60.7 Å². The fourth-order valence-corrected chi connectivity index (χ4v) is 2.14. The summed E-state index contributed by atoms with van der Waals surface area (Å²) in [5.41, 5.74) is 2.11. The molecule has 0 aliphatic carbocycles. The summed E-state index contributed by atoms with van der Waals surface area (Å²) in [6.45, 7) is 6.27. The number of methoxy groups -OCH3 is 1. The fourth-order valence-electron chi connectivity index (χ4n) is 2.14. The molecule has 2 rings (SSSR count). The maximum Gasteiger partial charge on any atom is 0.185 e. The van der Waals surface area contributed by atoms with Gasteiger partial charge in [0.05, 0.1) is 13.7 Å². The lowest BCUT2D eigenvalue weighted by molar-refractivity contribution is 0.104. The highest BCUT2D eigenvalue weighted by atomic mass is 16.5. The number of hydrogen-bond acceptors (Lipinski definition) is 4. The van der Waals surface area contributed by atoms with Crippen LogP contribution in [0.1, 0.15) is 29.3 Å². The highest BCUT2D eigenvalue weighted by molar-refractivity contribution is 6.07. The van der Waals surface area contributed by atoms with E-state index in [0.29, 0.717) is 29.2 Å². The van der Waals surface area contributed by atoms with E-state index in [1.807, 2.05) is 6.92 Å². The predicted molar refractivity (Wildman–Crippen MR) is 99.4 cm³/mol. The Balaban J connectivity index is 2.04. The monoisotopic (exact) mass is 338 g/mol. The molecule has 0 amide bonds. The number of ether oxygens (including phenoxy) is 2. The Morgan fingerprint density at radius 3 is 2.68 bits per heavy atom. The van der Waals surface area contributed by atoms with E-state index in [1.54, 1.807) is 49.6 Å². The number of ketones is 1. The number of carbonyl (C=O) groups excluding carboxylic acids is 1. The number of carbonyl (C=O) groups is 1. The molecule has 0 saturated carbocycles. The van der Waals surface area contributed by atoms with Crippen LogP contribution in [0.5, 0.6) is 17.2 Å². The van der Waals surface area contributed by atoms with Crippen LogP contribution in [0.2, 0.25) is 0 Å². The minimum atomic E-state index is -0.167. The van der Waals surface area contributed by atoms with Crippen molar-refractivity contribution in [2.75, 3.05) is 13.7 Å². The van der Waals surface area contributed by atoms with Crippen molar-refractivity contribution in [3.05, 3.63) is 71.8 Å². The molecular formula is C21H22O4. The van der Waals surface area contributed by atoms with Gasteiger partial charge in [0, 0.05) is 23.6 Å². The van der Waals surface area contributed by atoms with Gasteiger partial charge in [-0.05, 0) is 43.3 Å². The van der Waals surface area contributed by atoms with Gasteiger partial charge in [0.25, 0.3) is 0 Å². The maximum atomic E-state index is 12.2. The van der Waals surface area contributed by atoms with Gasteiger partial charge < -0.3 is 14.6 Å². The average molecular weight is 338 g/mol. The Labute approximate surface area is 148 Å². The Bertz CT molecular complexity index is 790. The quantitative estimate of drug-likeness (QED) is 0.433. The van der Waals surface area contributed by atoms with E-state index >= 15 is 0 Å². The van der Waals surface area contributed by atoms with Crippen molar-refractivity contribution >= 4 is 11.9 Å². The molecule has 0 aliphatic rings. The molecule has 0 unspecified atom stereocenters. The summed E-state index contributed by atoms with van der Waals surface area (Å²) in [5.74, 6) is 1.09. The molecule has 0 aliphatic heterocycles. The van der Waals surface area contributed by atoms with Crippen molar-refractivity contribution in [2.24, 2.45) is 0 Å². The van der Waals surface area contributed by atoms with E-state index < -0.39 is 0 Å². The number of rotatable bonds is 8. The molecule has 0 heterocycles. The molecule has 2 aromatic rings. The predicted octanol–water partition coefficient (Wildman–Crippen LogP) is 4.64. The molecule has 4 nitrogen and oxygen atoms in total.